The lowest BCUT2D eigenvalue weighted by Gasteiger charge is -2.39. The van der Waals surface area contributed by atoms with Crippen LogP contribution in [0.3, 0.4) is 0 Å². The van der Waals surface area contributed by atoms with Crippen molar-refractivity contribution >= 4 is 41.4 Å². The van der Waals surface area contributed by atoms with Crippen LogP contribution < -0.4 is 10.6 Å². The first-order chi connectivity index (χ1) is 19.8. The van der Waals surface area contributed by atoms with Crippen molar-refractivity contribution in [3.63, 3.8) is 0 Å². The van der Waals surface area contributed by atoms with Crippen molar-refractivity contribution < 1.29 is 19.1 Å². The Morgan fingerprint density at radius 2 is 1.71 bits per heavy atom. The predicted octanol–water partition coefficient (Wildman–Crippen LogP) is 7.62. The zero-order valence-electron chi connectivity index (χ0n) is 26.5. The van der Waals surface area contributed by atoms with Crippen LogP contribution in [0.25, 0.3) is 6.08 Å². The van der Waals surface area contributed by atoms with E-state index in [4.69, 9.17) is 4.74 Å². The van der Waals surface area contributed by atoms with Crippen molar-refractivity contribution in [2.45, 2.75) is 91.5 Å². The van der Waals surface area contributed by atoms with Crippen molar-refractivity contribution in [2.75, 3.05) is 17.3 Å². The van der Waals surface area contributed by atoms with E-state index in [0.29, 0.717) is 35.8 Å². The number of rotatable bonds is 14. The molecule has 8 heteroatoms. The topological polar surface area (TPSA) is 87.7 Å². The number of hydrogen-bond acceptors (Lipinski definition) is 5. The normalized spacial score (nSPS) is 13.5. The molecule has 0 radical (unpaired) electrons. The van der Waals surface area contributed by atoms with Gasteiger partial charge in [-0.3, -0.25) is 9.59 Å². The largest absolute Gasteiger partial charge is 0.444 e. The number of hydrogen-bond donors (Lipinski definition) is 2. The Morgan fingerprint density at radius 1 is 1.02 bits per heavy atom. The fourth-order valence-corrected chi connectivity index (χ4v) is 5.12. The van der Waals surface area contributed by atoms with Gasteiger partial charge in [0.15, 0.2) is 0 Å². The van der Waals surface area contributed by atoms with Crippen LogP contribution in [0.15, 0.2) is 55.1 Å². The Morgan fingerprint density at radius 3 is 2.31 bits per heavy atom. The quantitative estimate of drug-likeness (QED) is 0.235. The van der Waals surface area contributed by atoms with Gasteiger partial charge in [0.1, 0.15) is 17.7 Å². The molecule has 2 aromatic rings. The average molecular weight is 596 g/mol. The summed E-state index contributed by atoms with van der Waals surface area (Å²) in [6.45, 7) is 17.4. The van der Waals surface area contributed by atoms with Gasteiger partial charge in [-0.15, -0.1) is 0 Å². The van der Waals surface area contributed by atoms with Crippen LogP contribution >= 0.6 is 11.8 Å². The van der Waals surface area contributed by atoms with E-state index in [1.807, 2.05) is 68.6 Å². The molecule has 0 fully saturated rings. The number of aryl methyl sites for hydroxylation is 1. The number of anilines is 1. The number of thioether (sulfide) groups is 1. The molecule has 0 bridgehead atoms. The Balaban J connectivity index is 2.66. The lowest BCUT2D eigenvalue weighted by Crippen LogP contribution is -2.55. The molecular weight excluding hydrogens is 546 g/mol. The number of benzene rings is 2. The maximum atomic E-state index is 14.6. The second kappa shape index (κ2) is 16.4. The standard InChI is InChI=1S/C34H49N3O4S/c1-10-26-15-13-16-27(22-26)30(31(38)35-28-17-12-11-14-24(28)4)37(25(5)19-18-23(2)3)32(39)29(20-21-42-9)36-33(40)41-34(6,7)8/h10-17,22-23,25,29-30H,1,18-21H2,2-9H3,(H,35,38)(H,36,40). The third-order valence-electron chi connectivity index (χ3n) is 6.88. The van der Waals surface area contributed by atoms with Gasteiger partial charge >= 0.3 is 6.09 Å². The Bertz CT molecular complexity index is 1210. The molecule has 0 saturated carbocycles. The fourth-order valence-electron chi connectivity index (χ4n) is 4.64. The lowest BCUT2D eigenvalue weighted by atomic mass is 9.95. The molecule has 230 valence electrons. The van der Waals surface area contributed by atoms with E-state index in [1.165, 1.54) is 0 Å². The van der Waals surface area contributed by atoms with Crippen LogP contribution in [0.5, 0.6) is 0 Å². The van der Waals surface area contributed by atoms with Crippen LogP contribution in [0.4, 0.5) is 10.5 Å². The molecule has 0 aliphatic carbocycles. The Labute approximate surface area is 256 Å². The highest BCUT2D eigenvalue weighted by Crippen LogP contribution is 2.30. The summed E-state index contributed by atoms with van der Waals surface area (Å²) in [5, 5.41) is 5.90. The predicted molar refractivity (Wildman–Crippen MR) is 176 cm³/mol. The average Bonchev–Trinajstić information content (AvgIpc) is 2.92. The molecule has 2 rings (SSSR count). The minimum atomic E-state index is -0.948. The lowest BCUT2D eigenvalue weighted by molar-refractivity contribution is -0.143. The molecule has 3 unspecified atom stereocenters. The monoisotopic (exact) mass is 595 g/mol. The third-order valence-corrected chi connectivity index (χ3v) is 7.53. The first-order valence-corrected chi connectivity index (χ1v) is 16.1. The van der Waals surface area contributed by atoms with Crippen molar-refractivity contribution in [1.82, 2.24) is 10.2 Å². The summed E-state index contributed by atoms with van der Waals surface area (Å²) in [6, 6.07) is 13.0. The van der Waals surface area contributed by atoms with Crippen LogP contribution in [-0.2, 0) is 14.3 Å². The highest BCUT2D eigenvalue weighted by atomic mass is 32.2. The summed E-state index contributed by atoms with van der Waals surface area (Å²) in [5.41, 5.74) is 2.39. The van der Waals surface area contributed by atoms with Crippen molar-refractivity contribution in [3.8, 4) is 0 Å². The van der Waals surface area contributed by atoms with E-state index in [9.17, 15) is 14.4 Å². The Hall–Kier alpha value is -3.26. The number of carbonyl (C=O) groups is 3. The van der Waals surface area contributed by atoms with Gasteiger partial charge < -0.3 is 20.3 Å². The van der Waals surface area contributed by atoms with Gasteiger partial charge in [-0.05, 0) is 101 Å². The zero-order chi connectivity index (χ0) is 31.4. The molecule has 2 aromatic carbocycles. The molecule has 3 amide bonds. The molecule has 0 saturated heterocycles. The van der Waals surface area contributed by atoms with Gasteiger partial charge in [0.05, 0.1) is 0 Å². The summed E-state index contributed by atoms with van der Waals surface area (Å²) >= 11 is 1.59. The number of nitrogens with one attached hydrogen (secondary N) is 2. The van der Waals surface area contributed by atoms with Crippen LogP contribution in [0.2, 0.25) is 0 Å². The molecule has 0 heterocycles. The zero-order valence-corrected chi connectivity index (χ0v) is 27.3. The molecule has 2 N–H and O–H groups in total. The maximum absolute atomic E-state index is 14.6. The van der Waals surface area contributed by atoms with Gasteiger partial charge in [-0.1, -0.05) is 62.9 Å². The summed E-state index contributed by atoms with van der Waals surface area (Å²) in [4.78, 5) is 43.4. The van der Waals surface area contributed by atoms with Crippen LogP contribution in [0.1, 0.15) is 83.5 Å². The van der Waals surface area contributed by atoms with Crippen molar-refractivity contribution in [2.24, 2.45) is 5.92 Å². The second-order valence-electron chi connectivity index (χ2n) is 12.1. The number of carbonyl (C=O) groups excluding carboxylic acids is 3. The summed E-state index contributed by atoms with van der Waals surface area (Å²) in [7, 11) is 0. The van der Waals surface area contributed by atoms with E-state index in [1.54, 1.807) is 43.5 Å². The van der Waals surface area contributed by atoms with Gasteiger partial charge in [-0.2, -0.15) is 11.8 Å². The number of para-hydroxylation sites is 1. The molecular formula is C34H49N3O4S. The van der Waals surface area contributed by atoms with E-state index in [-0.39, 0.29) is 17.9 Å². The second-order valence-corrected chi connectivity index (χ2v) is 13.1. The van der Waals surface area contributed by atoms with E-state index < -0.39 is 23.8 Å². The first-order valence-electron chi connectivity index (χ1n) is 14.7. The highest BCUT2D eigenvalue weighted by Gasteiger charge is 2.39. The number of amides is 3. The van der Waals surface area contributed by atoms with Crippen LogP contribution in [-0.4, -0.2) is 52.5 Å². The maximum Gasteiger partial charge on any atom is 0.408 e. The minimum absolute atomic E-state index is 0.294. The fraction of sp³-hybridized carbons (Fsp3) is 0.500. The summed E-state index contributed by atoms with van der Waals surface area (Å²) in [6.07, 6.45) is 4.98. The number of nitrogens with zero attached hydrogens (tertiary/aromatic N) is 1. The minimum Gasteiger partial charge on any atom is -0.444 e. The van der Waals surface area contributed by atoms with E-state index in [0.717, 1.165) is 17.5 Å². The van der Waals surface area contributed by atoms with Crippen LogP contribution in [0, 0.1) is 12.8 Å². The number of alkyl carbamates (subject to hydrolysis) is 1. The van der Waals surface area contributed by atoms with Gasteiger partial charge in [0.2, 0.25) is 5.91 Å². The summed E-state index contributed by atoms with van der Waals surface area (Å²) < 4.78 is 5.51. The molecule has 0 aliphatic rings. The SMILES string of the molecule is C=Cc1cccc(C(C(=O)Nc2ccccc2C)N(C(=O)C(CCSC)NC(=O)OC(C)(C)C)C(C)CCC(C)C)c1. The molecule has 3 atom stereocenters. The molecule has 7 nitrogen and oxygen atoms in total. The van der Waals surface area contributed by atoms with E-state index >= 15 is 0 Å². The molecule has 42 heavy (non-hydrogen) atoms. The highest BCUT2D eigenvalue weighted by molar-refractivity contribution is 7.98. The first kappa shape index (κ1) is 34.9. The van der Waals surface area contributed by atoms with Gasteiger partial charge in [-0.25, -0.2) is 4.79 Å². The van der Waals surface area contributed by atoms with Gasteiger partial charge in [0.25, 0.3) is 5.91 Å². The van der Waals surface area contributed by atoms with Crippen molar-refractivity contribution in [3.05, 3.63) is 71.8 Å². The molecule has 0 spiro atoms. The third kappa shape index (κ3) is 10.9. The van der Waals surface area contributed by atoms with E-state index in [2.05, 4.69) is 31.1 Å². The number of ether oxygens (including phenoxy) is 1. The molecule has 0 aliphatic heterocycles. The molecule has 0 aromatic heterocycles. The van der Waals surface area contributed by atoms with Crippen molar-refractivity contribution in [1.29, 1.82) is 0 Å². The van der Waals surface area contributed by atoms with Gasteiger partial charge in [0, 0.05) is 11.7 Å². The summed E-state index contributed by atoms with van der Waals surface area (Å²) in [5.74, 6) is 0.420. The smallest absolute Gasteiger partial charge is 0.408 e. The Kier molecular flexibility index (Phi) is 13.6.